The normalized spacial score (nSPS) is 21.5. The molecule has 1 saturated heterocycles. The second kappa shape index (κ2) is 3.52. The highest BCUT2D eigenvalue weighted by Crippen LogP contribution is 2.36. The molecular weight excluding hydrogens is 202 g/mol. The first kappa shape index (κ1) is 9.73. The van der Waals surface area contributed by atoms with Gasteiger partial charge in [-0.25, -0.2) is 0 Å². The maximum Gasteiger partial charge on any atom is 0.130 e. The number of phenolic OH excluding ortho intramolecular Hbond substituents is 1. The van der Waals surface area contributed by atoms with Crippen molar-refractivity contribution in [1.29, 1.82) is 0 Å². The number of phenols is 1. The molecule has 0 radical (unpaired) electrons. The van der Waals surface area contributed by atoms with E-state index in [9.17, 15) is 5.11 Å². The van der Waals surface area contributed by atoms with Gasteiger partial charge in [0.25, 0.3) is 0 Å². The molecule has 0 unspecified atom stereocenters. The minimum atomic E-state index is -0.130. The van der Waals surface area contributed by atoms with E-state index >= 15 is 0 Å². The van der Waals surface area contributed by atoms with E-state index in [0.717, 1.165) is 37.2 Å². The highest BCUT2D eigenvalue weighted by molar-refractivity contribution is 5.62. The summed E-state index contributed by atoms with van der Waals surface area (Å²) in [7, 11) is 0. The van der Waals surface area contributed by atoms with E-state index in [2.05, 4.69) is 17.5 Å². The molecule has 1 spiro atoms. The van der Waals surface area contributed by atoms with E-state index < -0.39 is 0 Å². The summed E-state index contributed by atoms with van der Waals surface area (Å²) in [6, 6.07) is 5.25. The Morgan fingerprint density at radius 3 is 2.88 bits per heavy atom. The van der Waals surface area contributed by atoms with Crippen molar-refractivity contribution in [1.82, 2.24) is 5.32 Å². The molecular formula is C13H15NO2. The van der Waals surface area contributed by atoms with Gasteiger partial charge in [0.2, 0.25) is 0 Å². The molecule has 84 valence electrons. The zero-order valence-corrected chi connectivity index (χ0v) is 9.07. The smallest absolute Gasteiger partial charge is 0.130 e. The van der Waals surface area contributed by atoms with E-state index in [1.807, 2.05) is 6.07 Å². The molecule has 1 aromatic rings. The summed E-state index contributed by atoms with van der Waals surface area (Å²) in [5.74, 6) is 1.16. The maximum absolute atomic E-state index is 9.39. The van der Waals surface area contributed by atoms with Crippen LogP contribution in [0, 0.1) is 0 Å². The van der Waals surface area contributed by atoms with Crippen molar-refractivity contribution in [3.63, 3.8) is 0 Å². The summed E-state index contributed by atoms with van der Waals surface area (Å²) in [4.78, 5) is 0. The van der Waals surface area contributed by atoms with E-state index in [1.54, 1.807) is 12.1 Å². The molecule has 3 rings (SSSR count). The lowest BCUT2D eigenvalue weighted by atomic mass is 9.89. The number of fused-ring (bicyclic) bond motifs is 1. The second-order valence-corrected chi connectivity index (χ2v) is 4.47. The fourth-order valence-corrected chi connectivity index (χ4v) is 2.37. The zero-order valence-electron chi connectivity index (χ0n) is 9.07. The van der Waals surface area contributed by atoms with Crippen LogP contribution in [0.25, 0.3) is 6.08 Å². The monoisotopic (exact) mass is 217 g/mol. The molecule has 16 heavy (non-hydrogen) atoms. The highest BCUT2D eigenvalue weighted by atomic mass is 16.5. The SMILES string of the molecule is Oc1ccc2c(c1)C=CC1(CCNCC1)O2. The minimum absolute atomic E-state index is 0.130. The molecule has 1 aromatic carbocycles. The molecule has 0 amide bonds. The van der Waals surface area contributed by atoms with Crippen LogP contribution in [0.5, 0.6) is 11.5 Å². The number of ether oxygens (including phenoxy) is 1. The number of rotatable bonds is 0. The van der Waals surface area contributed by atoms with Crippen LogP contribution in [0.15, 0.2) is 24.3 Å². The van der Waals surface area contributed by atoms with Crippen LogP contribution >= 0.6 is 0 Å². The Kier molecular flexibility index (Phi) is 2.14. The van der Waals surface area contributed by atoms with Crippen molar-refractivity contribution in [2.24, 2.45) is 0 Å². The van der Waals surface area contributed by atoms with Gasteiger partial charge in [-0.1, -0.05) is 6.08 Å². The molecule has 2 heterocycles. The first-order chi connectivity index (χ1) is 7.77. The summed E-state index contributed by atoms with van der Waals surface area (Å²) in [6.07, 6.45) is 6.20. The first-order valence-corrected chi connectivity index (χ1v) is 5.69. The lowest BCUT2D eigenvalue weighted by Gasteiger charge is -2.38. The van der Waals surface area contributed by atoms with Crippen LogP contribution in [0.2, 0.25) is 0 Å². The number of hydrogen-bond acceptors (Lipinski definition) is 3. The van der Waals surface area contributed by atoms with Crippen LogP contribution < -0.4 is 10.1 Å². The third-order valence-corrected chi connectivity index (χ3v) is 3.32. The predicted molar refractivity (Wildman–Crippen MR) is 62.6 cm³/mol. The van der Waals surface area contributed by atoms with Gasteiger partial charge in [0.1, 0.15) is 17.1 Å². The van der Waals surface area contributed by atoms with Gasteiger partial charge in [-0.3, -0.25) is 0 Å². The molecule has 2 N–H and O–H groups in total. The number of aromatic hydroxyl groups is 1. The number of benzene rings is 1. The number of piperidine rings is 1. The molecule has 2 aliphatic rings. The molecule has 0 aliphatic carbocycles. The van der Waals surface area contributed by atoms with E-state index in [1.165, 1.54) is 0 Å². The van der Waals surface area contributed by atoms with Gasteiger partial charge >= 0.3 is 0 Å². The Balaban J connectivity index is 1.94. The van der Waals surface area contributed by atoms with Gasteiger partial charge in [0.05, 0.1) is 0 Å². The third-order valence-electron chi connectivity index (χ3n) is 3.32. The van der Waals surface area contributed by atoms with Gasteiger partial charge in [0, 0.05) is 18.4 Å². The Labute approximate surface area is 94.7 Å². The lowest BCUT2D eigenvalue weighted by molar-refractivity contribution is 0.0822. The summed E-state index contributed by atoms with van der Waals surface area (Å²) >= 11 is 0. The van der Waals surface area contributed by atoms with Gasteiger partial charge in [-0.15, -0.1) is 0 Å². The van der Waals surface area contributed by atoms with Crippen LogP contribution in [0.1, 0.15) is 18.4 Å². The zero-order chi connectivity index (χ0) is 11.0. The lowest BCUT2D eigenvalue weighted by Crippen LogP contribution is -2.45. The summed E-state index contributed by atoms with van der Waals surface area (Å²) < 4.78 is 6.08. The van der Waals surface area contributed by atoms with Crippen LogP contribution in [-0.2, 0) is 0 Å². The molecule has 0 aromatic heterocycles. The summed E-state index contributed by atoms with van der Waals surface area (Å²) in [5.41, 5.74) is 0.832. The van der Waals surface area contributed by atoms with Crippen molar-refractivity contribution in [2.75, 3.05) is 13.1 Å². The topological polar surface area (TPSA) is 41.5 Å². The van der Waals surface area contributed by atoms with Gasteiger partial charge < -0.3 is 15.2 Å². The molecule has 3 nitrogen and oxygen atoms in total. The Morgan fingerprint density at radius 1 is 1.25 bits per heavy atom. The van der Waals surface area contributed by atoms with Crippen molar-refractivity contribution < 1.29 is 9.84 Å². The Morgan fingerprint density at radius 2 is 2.06 bits per heavy atom. The number of nitrogens with one attached hydrogen (secondary N) is 1. The van der Waals surface area contributed by atoms with E-state index in [-0.39, 0.29) is 11.4 Å². The average Bonchev–Trinajstić information content (AvgIpc) is 2.31. The van der Waals surface area contributed by atoms with Crippen LogP contribution in [0.4, 0.5) is 0 Å². The Bertz CT molecular complexity index is 434. The molecule has 0 bridgehead atoms. The van der Waals surface area contributed by atoms with Crippen LogP contribution in [0.3, 0.4) is 0 Å². The second-order valence-electron chi connectivity index (χ2n) is 4.47. The van der Waals surface area contributed by atoms with Crippen molar-refractivity contribution in [3.8, 4) is 11.5 Å². The first-order valence-electron chi connectivity index (χ1n) is 5.69. The van der Waals surface area contributed by atoms with Gasteiger partial charge in [-0.2, -0.15) is 0 Å². The van der Waals surface area contributed by atoms with E-state index in [4.69, 9.17) is 4.74 Å². The molecule has 0 saturated carbocycles. The quantitative estimate of drug-likeness (QED) is 0.697. The number of hydrogen-bond donors (Lipinski definition) is 2. The van der Waals surface area contributed by atoms with Gasteiger partial charge in [0.15, 0.2) is 0 Å². The maximum atomic E-state index is 9.39. The average molecular weight is 217 g/mol. The van der Waals surface area contributed by atoms with Crippen molar-refractivity contribution >= 4 is 6.08 Å². The fraction of sp³-hybridized carbons (Fsp3) is 0.385. The third kappa shape index (κ3) is 1.57. The standard InChI is InChI=1S/C13H15NO2/c15-11-1-2-12-10(9-11)3-4-13(16-12)5-7-14-8-6-13/h1-4,9,14-15H,5-8H2. The van der Waals surface area contributed by atoms with Crippen LogP contribution in [-0.4, -0.2) is 23.8 Å². The predicted octanol–water partition coefficient (Wildman–Crippen LogP) is 1.92. The molecule has 3 heteroatoms. The Hall–Kier alpha value is -1.48. The molecule has 0 atom stereocenters. The minimum Gasteiger partial charge on any atom is -0.508 e. The highest BCUT2D eigenvalue weighted by Gasteiger charge is 2.34. The van der Waals surface area contributed by atoms with Crippen molar-refractivity contribution in [3.05, 3.63) is 29.8 Å². The summed E-state index contributed by atoms with van der Waals surface area (Å²) in [5, 5.41) is 12.7. The molecule has 1 fully saturated rings. The summed E-state index contributed by atoms with van der Waals surface area (Å²) in [6.45, 7) is 2.00. The fourth-order valence-electron chi connectivity index (χ4n) is 2.37. The van der Waals surface area contributed by atoms with Gasteiger partial charge in [-0.05, 0) is 37.4 Å². The molecule has 2 aliphatic heterocycles. The largest absolute Gasteiger partial charge is 0.508 e. The van der Waals surface area contributed by atoms with E-state index in [0.29, 0.717) is 0 Å². The van der Waals surface area contributed by atoms with Crippen molar-refractivity contribution in [2.45, 2.75) is 18.4 Å².